The molecule has 1 aliphatic carbocycles. The second kappa shape index (κ2) is 7.89. The summed E-state index contributed by atoms with van der Waals surface area (Å²) in [6, 6.07) is 12.3. The van der Waals surface area contributed by atoms with Crippen molar-refractivity contribution in [1.82, 2.24) is 9.88 Å². The summed E-state index contributed by atoms with van der Waals surface area (Å²) in [5, 5.41) is 18.1. The van der Waals surface area contributed by atoms with Crippen molar-refractivity contribution in [2.45, 2.75) is 43.4 Å². The number of halogens is 1. The average Bonchev–Trinajstić information content (AvgIpc) is 3.56. The lowest BCUT2D eigenvalue weighted by Gasteiger charge is -2.41. The highest BCUT2D eigenvalue weighted by molar-refractivity contribution is 5.78. The van der Waals surface area contributed by atoms with Crippen LogP contribution >= 0.6 is 0 Å². The molecule has 2 aromatic rings. The molecule has 3 fully saturated rings. The highest BCUT2D eigenvalue weighted by Crippen LogP contribution is 2.49. The van der Waals surface area contributed by atoms with Crippen LogP contribution in [-0.2, 0) is 15.1 Å². The second-order valence-electron chi connectivity index (χ2n) is 8.73. The van der Waals surface area contributed by atoms with E-state index in [4.69, 9.17) is 15.3 Å². The van der Waals surface area contributed by atoms with E-state index in [0.717, 1.165) is 18.7 Å². The van der Waals surface area contributed by atoms with E-state index in [2.05, 4.69) is 16.0 Å². The maximum Gasteiger partial charge on any atom is 0.248 e. The van der Waals surface area contributed by atoms with Crippen LogP contribution in [0.3, 0.4) is 0 Å². The molecule has 3 heterocycles. The minimum Gasteiger partial charge on any atom is -0.360 e. The normalized spacial score (nSPS) is 22.8. The lowest BCUT2D eigenvalue weighted by Crippen LogP contribution is -2.56. The molecule has 2 bridgehead atoms. The zero-order valence-corrected chi connectivity index (χ0v) is 17.5. The number of piperazine rings is 1. The van der Waals surface area contributed by atoms with E-state index in [1.165, 1.54) is 12.1 Å². The molecule has 7 nitrogen and oxygen atoms in total. The summed E-state index contributed by atoms with van der Waals surface area (Å²) >= 11 is 0. The number of fused-ring (bicyclic) bond motifs is 2. The minimum atomic E-state index is -0.670. The summed E-state index contributed by atoms with van der Waals surface area (Å²) in [7, 11) is 0. The Bertz CT molecular complexity index is 1120. The minimum absolute atomic E-state index is 0.0625. The van der Waals surface area contributed by atoms with Crippen LogP contribution in [0.5, 0.6) is 0 Å². The number of benzene rings is 1. The van der Waals surface area contributed by atoms with Gasteiger partial charge in [0.25, 0.3) is 0 Å². The number of nitrogens with zero attached hydrogens (tertiary/aromatic N) is 5. The SMILES string of the molecule is N#Cc1ccc(N2C3CCC2CN(C(=O)COC2(c4cc(F)cc(C#N)c4)CC2)C3)nc1. The first-order valence-electron chi connectivity index (χ1n) is 10.8. The molecule has 1 aromatic heterocycles. The molecule has 2 atom stereocenters. The van der Waals surface area contributed by atoms with Crippen LogP contribution in [0.4, 0.5) is 10.2 Å². The van der Waals surface area contributed by atoms with Crippen molar-refractivity contribution in [3.63, 3.8) is 0 Å². The fourth-order valence-corrected chi connectivity index (χ4v) is 4.92. The predicted molar refractivity (Wildman–Crippen MR) is 113 cm³/mol. The number of nitriles is 2. The first kappa shape index (κ1) is 20.4. The topological polar surface area (TPSA) is 93.3 Å². The molecule has 2 unspecified atom stereocenters. The van der Waals surface area contributed by atoms with Crippen LogP contribution in [0.2, 0.25) is 0 Å². The number of amides is 1. The summed E-state index contributed by atoms with van der Waals surface area (Å²) in [6.45, 7) is 1.14. The van der Waals surface area contributed by atoms with Crippen LogP contribution in [0.1, 0.15) is 42.4 Å². The predicted octanol–water partition coefficient (Wildman–Crippen LogP) is 2.85. The molecule has 2 aliphatic heterocycles. The van der Waals surface area contributed by atoms with Crippen molar-refractivity contribution in [2.75, 3.05) is 24.6 Å². The number of hydrogen-bond acceptors (Lipinski definition) is 6. The van der Waals surface area contributed by atoms with Gasteiger partial charge in [-0.1, -0.05) is 0 Å². The number of carbonyl (C=O) groups excluding carboxylic acids is 1. The molecule has 0 spiro atoms. The summed E-state index contributed by atoms with van der Waals surface area (Å²) in [6.07, 6.45) is 4.97. The number of aromatic nitrogens is 1. The number of anilines is 1. The van der Waals surface area contributed by atoms with Crippen molar-refractivity contribution >= 4 is 11.7 Å². The fourth-order valence-electron chi connectivity index (χ4n) is 4.92. The fraction of sp³-hybridized carbons (Fsp3) is 0.417. The maximum absolute atomic E-state index is 13.9. The van der Waals surface area contributed by atoms with Crippen molar-refractivity contribution < 1.29 is 13.9 Å². The van der Waals surface area contributed by atoms with Gasteiger partial charge in [-0.05, 0) is 61.6 Å². The van der Waals surface area contributed by atoms with Crippen LogP contribution in [0.15, 0.2) is 36.5 Å². The van der Waals surface area contributed by atoms with E-state index >= 15 is 0 Å². The van der Waals surface area contributed by atoms with Gasteiger partial charge in [-0.15, -0.1) is 0 Å². The Morgan fingerprint density at radius 1 is 1.12 bits per heavy atom. The molecule has 32 heavy (non-hydrogen) atoms. The Hall–Kier alpha value is -3.49. The highest BCUT2D eigenvalue weighted by atomic mass is 19.1. The quantitative estimate of drug-likeness (QED) is 0.723. The van der Waals surface area contributed by atoms with E-state index in [0.29, 0.717) is 37.1 Å². The van der Waals surface area contributed by atoms with Crippen LogP contribution < -0.4 is 4.90 Å². The van der Waals surface area contributed by atoms with Crippen molar-refractivity contribution in [3.8, 4) is 12.1 Å². The number of likely N-dealkylation sites (tertiary alicyclic amines) is 1. The molecule has 5 rings (SSSR count). The van der Waals surface area contributed by atoms with Gasteiger partial charge in [-0.3, -0.25) is 4.79 Å². The van der Waals surface area contributed by atoms with E-state index in [9.17, 15) is 9.18 Å². The lowest BCUT2D eigenvalue weighted by molar-refractivity contribution is -0.140. The molecule has 162 valence electrons. The number of hydrogen-bond donors (Lipinski definition) is 0. The molecule has 2 saturated heterocycles. The molecular weight excluding hydrogens is 409 g/mol. The Balaban J connectivity index is 1.23. The van der Waals surface area contributed by atoms with Crippen molar-refractivity contribution in [3.05, 3.63) is 59.0 Å². The number of carbonyl (C=O) groups is 1. The van der Waals surface area contributed by atoms with E-state index in [-0.39, 0.29) is 30.2 Å². The summed E-state index contributed by atoms with van der Waals surface area (Å²) in [5.74, 6) is 0.304. The van der Waals surface area contributed by atoms with Gasteiger partial charge in [0.15, 0.2) is 0 Å². The van der Waals surface area contributed by atoms with E-state index in [1.54, 1.807) is 18.3 Å². The van der Waals surface area contributed by atoms with Gasteiger partial charge in [-0.2, -0.15) is 10.5 Å². The number of rotatable bonds is 5. The Morgan fingerprint density at radius 2 is 1.84 bits per heavy atom. The molecule has 0 N–H and O–H groups in total. The van der Waals surface area contributed by atoms with Crippen LogP contribution in [0.25, 0.3) is 0 Å². The molecule has 1 aromatic carbocycles. The summed E-state index contributed by atoms with van der Waals surface area (Å²) in [5.41, 5.74) is 0.738. The number of ether oxygens (including phenoxy) is 1. The Morgan fingerprint density at radius 3 is 2.44 bits per heavy atom. The first-order chi connectivity index (χ1) is 15.5. The lowest BCUT2D eigenvalue weighted by atomic mass is 10.0. The summed E-state index contributed by atoms with van der Waals surface area (Å²) in [4.78, 5) is 21.5. The third-order valence-electron chi connectivity index (χ3n) is 6.71. The third-order valence-corrected chi connectivity index (χ3v) is 6.71. The van der Waals surface area contributed by atoms with Gasteiger partial charge in [0.2, 0.25) is 5.91 Å². The number of pyridine rings is 1. The first-order valence-corrected chi connectivity index (χ1v) is 10.8. The Kier molecular flexibility index (Phi) is 5.03. The molecule has 3 aliphatic rings. The second-order valence-corrected chi connectivity index (χ2v) is 8.73. The molecule has 1 amide bonds. The molecular formula is C24H22FN5O2. The monoisotopic (exact) mass is 431 g/mol. The van der Waals surface area contributed by atoms with Gasteiger partial charge in [-0.25, -0.2) is 9.37 Å². The highest BCUT2D eigenvalue weighted by Gasteiger charge is 2.47. The molecule has 1 saturated carbocycles. The van der Waals surface area contributed by atoms with Crippen LogP contribution in [0, 0.1) is 28.5 Å². The molecule has 0 radical (unpaired) electrons. The van der Waals surface area contributed by atoms with Gasteiger partial charge >= 0.3 is 0 Å². The van der Waals surface area contributed by atoms with Crippen molar-refractivity contribution in [2.24, 2.45) is 0 Å². The standard InChI is InChI=1S/C24H22FN5O2/c25-19-8-17(11-27)7-18(9-19)24(5-6-24)32-15-23(31)29-13-20-2-3-21(14-29)30(20)22-4-1-16(10-26)12-28-22/h1,4,7-9,12,20-21H,2-3,5-6,13-15H2. The zero-order chi connectivity index (χ0) is 22.3. The van der Waals surface area contributed by atoms with Crippen LogP contribution in [-0.4, -0.2) is 47.6 Å². The zero-order valence-electron chi connectivity index (χ0n) is 17.5. The van der Waals surface area contributed by atoms with Gasteiger partial charge in [0.05, 0.1) is 22.8 Å². The summed E-state index contributed by atoms with van der Waals surface area (Å²) < 4.78 is 19.9. The van der Waals surface area contributed by atoms with Gasteiger partial charge < -0.3 is 14.5 Å². The van der Waals surface area contributed by atoms with Crippen molar-refractivity contribution in [1.29, 1.82) is 10.5 Å². The smallest absolute Gasteiger partial charge is 0.248 e. The van der Waals surface area contributed by atoms with Gasteiger partial charge in [0, 0.05) is 31.4 Å². The largest absolute Gasteiger partial charge is 0.360 e. The maximum atomic E-state index is 13.9. The van der Waals surface area contributed by atoms with Gasteiger partial charge in [0.1, 0.15) is 24.3 Å². The van der Waals surface area contributed by atoms with E-state index in [1.807, 2.05) is 17.0 Å². The van der Waals surface area contributed by atoms with E-state index < -0.39 is 11.4 Å². The average molecular weight is 431 g/mol. The molecule has 8 heteroatoms. The third kappa shape index (κ3) is 3.68. The Labute approximate surface area is 185 Å².